The molecule has 2 heteroatoms. The highest BCUT2D eigenvalue weighted by Gasteiger charge is 2.26. The van der Waals surface area contributed by atoms with Crippen LogP contribution in [0.2, 0.25) is 0 Å². The molecule has 0 aromatic carbocycles. The van der Waals surface area contributed by atoms with Crippen LogP contribution in [0.4, 0.5) is 0 Å². The summed E-state index contributed by atoms with van der Waals surface area (Å²) in [5.74, 6) is 2.31. The van der Waals surface area contributed by atoms with E-state index in [9.17, 15) is 0 Å². The summed E-state index contributed by atoms with van der Waals surface area (Å²) in [4.78, 5) is 8.58. The monoisotopic (exact) mass is 183 g/mol. The normalized spacial score (nSPS) is 24.0. The van der Waals surface area contributed by atoms with Crippen LogP contribution in [0.25, 0.3) is 0 Å². The van der Waals surface area contributed by atoms with Crippen molar-refractivity contribution in [1.29, 1.82) is 0 Å². The van der Waals surface area contributed by atoms with Gasteiger partial charge in [-0.05, 0) is 11.8 Å². The second kappa shape index (κ2) is 6.01. The van der Waals surface area contributed by atoms with E-state index in [2.05, 4.69) is 5.73 Å². The predicted octanol–water partition coefficient (Wildman–Crippen LogP) is 2.47. The molecule has 2 aliphatic rings. The first-order chi connectivity index (χ1) is 6.38. The van der Waals surface area contributed by atoms with E-state index < -0.39 is 0 Å². The van der Waals surface area contributed by atoms with Gasteiger partial charge in [-0.3, -0.25) is 4.79 Å². The van der Waals surface area contributed by atoms with E-state index >= 15 is 0 Å². The molecule has 0 bridgehead atoms. The Morgan fingerprint density at radius 1 is 0.846 bits per heavy atom. The fraction of sp³-hybridized carbons (Fsp3) is 0.909. The number of rotatable bonds is 1. The van der Waals surface area contributed by atoms with Crippen LogP contribution < -0.4 is 5.73 Å². The van der Waals surface area contributed by atoms with Crippen LogP contribution >= 0.6 is 0 Å². The molecule has 1 amide bonds. The molecular weight excluding hydrogens is 162 g/mol. The first kappa shape index (κ1) is 10.6. The van der Waals surface area contributed by atoms with Crippen molar-refractivity contribution in [2.24, 2.45) is 17.6 Å². The summed E-state index contributed by atoms with van der Waals surface area (Å²) in [6.07, 6.45) is 12.6. The average Bonchev–Trinajstić information content (AvgIpc) is 2.78. The Bertz CT molecular complexity index is 121. The van der Waals surface area contributed by atoms with Crippen molar-refractivity contribution in [3.8, 4) is 0 Å². The Morgan fingerprint density at radius 3 is 1.31 bits per heavy atom. The topological polar surface area (TPSA) is 43.1 Å². The van der Waals surface area contributed by atoms with E-state index in [4.69, 9.17) is 4.79 Å². The highest BCUT2D eigenvalue weighted by atomic mass is 16.1. The molecule has 0 heterocycles. The van der Waals surface area contributed by atoms with Crippen molar-refractivity contribution >= 4 is 6.41 Å². The first-order valence-corrected chi connectivity index (χ1v) is 5.54. The Hall–Kier alpha value is -0.530. The summed E-state index contributed by atoms with van der Waals surface area (Å²) in [5.41, 5.74) is 4.17. The molecular formula is C11H21NO. The number of carbonyl (C=O) groups excluding carboxylic acids is 1. The molecule has 0 aliphatic heterocycles. The van der Waals surface area contributed by atoms with Gasteiger partial charge in [-0.2, -0.15) is 0 Å². The molecule has 2 fully saturated rings. The molecule has 76 valence electrons. The molecule has 2 N–H and O–H groups in total. The first-order valence-electron chi connectivity index (χ1n) is 5.54. The molecule has 2 aliphatic carbocycles. The predicted molar refractivity (Wildman–Crippen MR) is 54.2 cm³/mol. The maximum Gasteiger partial charge on any atom is 0.204 e. The Kier molecular flexibility index (Phi) is 4.87. The van der Waals surface area contributed by atoms with Crippen molar-refractivity contribution in [2.75, 3.05) is 0 Å². The van der Waals surface area contributed by atoms with E-state index in [1.807, 2.05) is 0 Å². The maximum atomic E-state index is 8.58. The van der Waals surface area contributed by atoms with E-state index in [0.29, 0.717) is 0 Å². The van der Waals surface area contributed by atoms with Gasteiger partial charge in [0.15, 0.2) is 0 Å². The van der Waals surface area contributed by atoms with E-state index in [1.54, 1.807) is 25.7 Å². The standard InChI is InChI=1S/C10H18.CH3NO/c1-2-6-9(5-1)10-7-3-4-8-10;2-1-3/h9-10H,1-8H2;1H,(H2,2,3). The maximum absolute atomic E-state index is 8.58. The molecule has 0 aromatic rings. The molecule has 13 heavy (non-hydrogen) atoms. The fourth-order valence-electron chi connectivity index (χ4n) is 2.86. The lowest BCUT2D eigenvalue weighted by Crippen LogP contribution is -2.06. The zero-order chi connectivity index (χ0) is 9.52. The largest absolute Gasteiger partial charge is 0.372 e. The molecule has 0 aromatic heterocycles. The summed E-state index contributed by atoms with van der Waals surface area (Å²) in [6.45, 7) is 0. The van der Waals surface area contributed by atoms with Crippen LogP contribution in [0.3, 0.4) is 0 Å². The van der Waals surface area contributed by atoms with Crippen LogP contribution in [0.5, 0.6) is 0 Å². The summed E-state index contributed by atoms with van der Waals surface area (Å²) >= 11 is 0. The summed E-state index contributed by atoms with van der Waals surface area (Å²) in [6, 6.07) is 0. The quantitative estimate of drug-likeness (QED) is 0.623. The van der Waals surface area contributed by atoms with Crippen molar-refractivity contribution in [3.63, 3.8) is 0 Å². The Balaban J connectivity index is 0.000000251. The number of nitrogens with two attached hydrogens (primary N) is 1. The van der Waals surface area contributed by atoms with Gasteiger partial charge in [0.25, 0.3) is 0 Å². The molecule has 2 nitrogen and oxygen atoms in total. The highest BCUT2D eigenvalue weighted by Crippen LogP contribution is 2.39. The molecule has 0 saturated heterocycles. The third-order valence-corrected chi connectivity index (χ3v) is 3.47. The van der Waals surface area contributed by atoms with Gasteiger partial charge in [0.05, 0.1) is 0 Å². The molecule has 2 saturated carbocycles. The smallest absolute Gasteiger partial charge is 0.204 e. The summed E-state index contributed by atoms with van der Waals surface area (Å²) < 4.78 is 0. The van der Waals surface area contributed by atoms with Gasteiger partial charge in [0, 0.05) is 0 Å². The zero-order valence-electron chi connectivity index (χ0n) is 8.37. The van der Waals surface area contributed by atoms with Crippen LogP contribution in [-0.4, -0.2) is 6.41 Å². The number of primary amides is 1. The van der Waals surface area contributed by atoms with Gasteiger partial charge in [-0.25, -0.2) is 0 Å². The van der Waals surface area contributed by atoms with E-state index in [1.165, 1.54) is 25.7 Å². The minimum atomic E-state index is 0.250. The van der Waals surface area contributed by atoms with Crippen LogP contribution in [0.15, 0.2) is 0 Å². The number of carbonyl (C=O) groups is 1. The van der Waals surface area contributed by atoms with Crippen molar-refractivity contribution in [1.82, 2.24) is 0 Å². The minimum absolute atomic E-state index is 0.250. The fourth-order valence-corrected chi connectivity index (χ4v) is 2.86. The summed E-state index contributed by atoms with van der Waals surface area (Å²) in [7, 11) is 0. The molecule has 0 radical (unpaired) electrons. The number of hydrogen-bond donors (Lipinski definition) is 1. The number of hydrogen-bond acceptors (Lipinski definition) is 1. The second-order valence-corrected chi connectivity index (χ2v) is 4.23. The van der Waals surface area contributed by atoms with Crippen LogP contribution in [-0.2, 0) is 4.79 Å². The zero-order valence-corrected chi connectivity index (χ0v) is 8.37. The number of amides is 1. The molecule has 0 atom stereocenters. The van der Waals surface area contributed by atoms with E-state index in [0.717, 1.165) is 11.8 Å². The minimum Gasteiger partial charge on any atom is -0.372 e. The van der Waals surface area contributed by atoms with Gasteiger partial charge in [-0.15, -0.1) is 0 Å². The van der Waals surface area contributed by atoms with Gasteiger partial charge < -0.3 is 5.73 Å². The van der Waals surface area contributed by atoms with Gasteiger partial charge >= 0.3 is 0 Å². The van der Waals surface area contributed by atoms with E-state index in [-0.39, 0.29) is 6.41 Å². The third kappa shape index (κ3) is 3.37. The lowest BCUT2D eigenvalue weighted by Gasteiger charge is -2.16. The lowest BCUT2D eigenvalue weighted by atomic mass is 9.90. The molecule has 2 rings (SSSR count). The lowest BCUT2D eigenvalue weighted by molar-refractivity contribution is -0.106. The van der Waals surface area contributed by atoms with Crippen molar-refractivity contribution in [2.45, 2.75) is 51.4 Å². The SMILES string of the molecule is C1CCC(C2CCCC2)C1.NC=O. The second-order valence-electron chi connectivity index (χ2n) is 4.23. The van der Waals surface area contributed by atoms with Crippen LogP contribution in [0.1, 0.15) is 51.4 Å². The van der Waals surface area contributed by atoms with Gasteiger partial charge in [0.2, 0.25) is 6.41 Å². The van der Waals surface area contributed by atoms with Crippen molar-refractivity contribution in [3.05, 3.63) is 0 Å². The van der Waals surface area contributed by atoms with Crippen LogP contribution in [0, 0.1) is 11.8 Å². The summed E-state index contributed by atoms with van der Waals surface area (Å²) in [5, 5.41) is 0. The highest BCUT2D eigenvalue weighted by molar-refractivity contribution is 5.42. The van der Waals surface area contributed by atoms with Crippen molar-refractivity contribution < 1.29 is 4.79 Å². The molecule has 0 spiro atoms. The third-order valence-electron chi connectivity index (χ3n) is 3.47. The Labute approximate surface area is 80.9 Å². The average molecular weight is 183 g/mol. The Morgan fingerprint density at radius 2 is 1.08 bits per heavy atom. The van der Waals surface area contributed by atoms with Gasteiger partial charge in [0.1, 0.15) is 0 Å². The molecule has 0 unspecified atom stereocenters. The van der Waals surface area contributed by atoms with Gasteiger partial charge in [-0.1, -0.05) is 51.4 Å².